The first-order valence-electron chi connectivity index (χ1n) is 5.64. The molecule has 5 nitrogen and oxygen atoms in total. The Bertz CT molecular complexity index is 892. The number of aryl methyl sites for hydroxylation is 2. The standard InChI is InChI=1S/C13H10N2O3S/c1-6-3-8-9(4-7(6)2)15-11(16)5-10(12(17)18)19-13(15)14-8/h3-5H,1-2H3,(H,17,18). The molecule has 0 unspecified atom stereocenters. The summed E-state index contributed by atoms with van der Waals surface area (Å²) >= 11 is 0.999. The van der Waals surface area contributed by atoms with Crippen molar-refractivity contribution in [2.24, 2.45) is 0 Å². The van der Waals surface area contributed by atoms with Crippen LogP contribution < -0.4 is 5.56 Å². The molecule has 2 heterocycles. The molecule has 0 aliphatic heterocycles. The summed E-state index contributed by atoms with van der Waals surface area (Å²) in [5, 5.41) is 8.97. The summed E-state index contributed by atoms with van der Waals surface area (Å²) in [5.41, 5.74) is 3.22. The van der Waals surface area contributed by atoms with E-state index in [0.29, 0.717) is 10.5 Å². The molecule has 0 bridgehead atoms. The molecule has 0 radical (unpaired) electrons. The molecule has 1 aromatic carbocycles. The van der Waals surface area contributed by atoms with Gasteiger partial charge in [0, 0.05) is 6.07 Å². The number of benzene rings is 1. The van der Waals surface area contributed by atoms with Crippen molar-refractivity contribution < 1.29 is 9.90 Å². The predicted molar refractivity (Wildman–Crippen MR) is 73.3 cm³/mol. The van der Waals surface area contributed by atoms with E-state index in [9.17, 15) is 9.59 Å². The van der Waals surface area contributed by atoms with Crippen LogP contribution in [0.5, 0.6) is 0 Å². The van der Waals surface area contributed by atoms with Gasteiger partial charge in [-0.05, 0) is 37.1 Å². The highest BCUT2D eigenvalue weighted by Crippen LogP contribution is 2.22. The van der Waals surface area contributed by atoms with Gasteiger partial charge in [-0.2, -0.15) is 0 Å². The van der Waals surface area contributed by atoms with E-state index in [1.807, 2.05) is 26.0 Å². The zero-order valence-corrected chi connectivity index (χ0v) is 11.1. The molecular weight excluding hydrogens is 264 g/mol. The van der Waals surface area contributed by atoms with Gasteiger partial charge in [0.1, 0.15) is 4.88 Å². The lowest BCUT2D eigenvalue weighted by Gasteiger charge is -1.99. The van der Waals surface area contributed by atoms with E-state index >= 15 is 0 Å². The molecule has 0 amide bonds. The first kappa shape index (κ1) is 11.9. The van der Waals surface area contributed by atoms with Crippen molar-refractivity contribution >= 4 is 33.3 Å². The fourth-order valence-corrected chi connectivity index (χ4v) is 2.87. The van der Waals surface area contributed by atoms with Crippen molar-refractivity contribution in [1.29, 1.82) is 0 Å². The number of nitrogens with zero attached hydrogens (tertiary/aromatic N) is 2. The van der Waals surface area contributed by atoms with E-state index in [1.165, 1.54) is 4.40 Å². The molecule has 1 N–H and O–H groups in total. The largest absolute Gasteiger partial charge is 0.477 e. The van der Waals surface area contributed by atoms with Gasteiger partial charge in [0.2, 0.25) is 0 Å². The van der Waals surface area contributed by atoms with Gasteiger partial charge < -0.3 is 5.11 Å². The number of aromatic nitrogens is 2. The third-order valence-corrected chi connectivity index (χ3v) is 4.09. The number of rotatable bonds is 1. The Labute approximate surface area is 111 Å². The number of aromatic carboxylic acids is 1. The molecule has 2 aromatic heterocycles. The SMILES string of the molecule is Cc1cc2nc3sc(C(=O)O)cc(=O)n3c2cc1C. The molecule has 19 heavy (non-hydrogen) atoms. The Morgan fingerprint density at radius 3 is 2.63 bits per heavy atom. The highest BCUT2D eigenvalue weighted by Gasteiger charge is 2.13. The van der Waals surface area contributed by atoms with E-state index in [2.05, 4.69) is 4.98 Å². The minimum absolute atomic E-state index is 0.00116. The Balaban J connectivity index is 2.51. The maximum absolute atomic E-state index is 12.0. The van der Waals surface area contributed by atoms with Crippen LogP contribution in [-0.2, 0) is 0 Å². The van der Waals surface area contributed by atoms with E-state index in [4.69, 9.17) is 5.11 Å². The summed E-state index contributed by atoms with van der Waals surface area (Å²) in [6.45, 7) is 3.94. The topological polar surface area (TPSA) is 71.7 Å². The minimum atomic E-state index is -1.11. The van der Waals surface area contributed by atoms with E-state index in [1.54, 1.807) is 0 Å². The van der Waals surface area contributed by atoms with E-state index in [-0.39, 0.29) is 10.4 Å². The number of imidazole rings is 1. The van der Waals surface area contributed by atoms with Gasteiger partial charge in [-0.15, -0.1) is 0 Å². The number of carboxylic acids is 1. The molecule has 0 spiro atoms. The molecule has 3 rings (SSSR count). The molecule has 0 fully saturated rings. The van der Waals surface area contributed by atoms with Gasteiger partial charge >= 0.3 is 5.97 Å². The van der Waals surface area contributed by atoms with Crippen LogP contribution >= 0.6 is 11.3 Å². The predicted octanol–water partition coefficient (Wildman–Crippen LogP) is 2.22. The van der Waals surface area contributed by atoms with Crippen LogP contribution in [0.3, 0.4) is 0 Å². The average Bonchev–Trinajstić information content (AvgIpc) is 2.67. The zero-order chi connectivity index (χ0) is 13.7. The van der Waals surface area contributed by atoms with E-state index in [0.717, 1.165) is 34.0 Å². The van der Waals surface area contributed by atoms with Gasteiger partial charge in [-0.25, -0.2) is 9.78 Å². The third-order valence-electron chi connectivity index (χ3n) is 3.13. The van der Waals surface area contributed by atoms with Crippen molar-refractivity contribution in [2.45, 2.75) is 13.8 Å². The maximum atomic E-state index is 12.0. The normalized spacial score (nSPS) is 11.3. The van der Waals surface area contributed by atoms with Crippen LogP contribution in [-0.4, -0.2) is 20.5 Å². The zero-order valence-electron chi connectivity index (χ0n) is 10.3. The van der Waals surface area contributed by atoms with Crippen LogP contribution in [0.1, 0.15) is 20.8 Å². The highest BCUT2D eigenvalue weighted by molar-refractivity contribution is 7.18. The summed E-state index contributed by atoms with van der Waals surface area (Å²) in [6, 6.07) is 4.94. The molecule has 0 aliphatic rings. The van der Waals surface area contributed by atoms with E-state index < -0.39 is 5.97 Å². The van der Waals surface area contributed by atoms with Crippen LogP contribution in [0.2, 0.25) is 0 Å². The fraction of sp³-hybridized carbons (Fsp3) is 0.154. The molecule has 0 aliphatic carbocycles. The number of hydrogen-bond acceptors (Lipinski definition) is 4. The number of carboxylic acid groups (broad SMARTS) is 1. The van der Waals surface area contributed by atoms with Crippen molar-refractivity contribution in [2.75, 3.05) is 0 Å². The second kappa shape index (κ2) is 3.89. The number of hydrogen-bond donors (Lipinski definition) is 1. The molecular formula is C13H10N2O3S. The number of fused-ring (bicyclic) bond motifs is 3. The molecule has 96 valence electrons. The summed E-state index contributed by atoms with van der Waals surface area (Å²) in [5.74, 6) is -1.11. The summed E-state index contributed by atoms with van der Waals surface area (Å²) in [6.07, 6.45) is 0. The molecule has 6 heteroatoms. The second-order valence-electron chi connectivity index (χ2n) is 4.41. The van der Waals surface area contributed by atoms with Gasteiger partial charge in [0.25, 0.3) is 5.56 Å². The van der Waals surface area contributed by atoms with Gasteiger partial charge in [-0.3, -0.25) is 9.20 Å². The Kier molecular flexibility index (Phi) is 2.43. The fourth-order valence-electron chi connectivity index (χ4n) is 2.00. The van der Waals surface area contributed by atoms with Crippen LogP contribution in [0.4, 0.5) is 0 Å². The third kappa shape index (κ3) is 1.72. The lowest BCUT2D eigenvalue weighted by Crippen LogP contribution is -2.12. The average molecular weight is 274 g/mol. The molecule has 0 atom stereocenters. The van der Waals surface area contributed by atoms with Crippen molar-refractivity contribution in [3.63, 3.8) is 0 Å². The lowest BCUT2D eigenvalue weighted by atomic mass is 10.1. The van der Waals surface area contributed by atoms with Crippen LogP contribution in [0, 0.1) is 13.8 Å². The molecule has 3 aromatic rings. The lowest BCUT2D eigenvalue weighted by molar-refractivity contribution is 0.0702. The quantitative estimate of drug-likeness (QED) is 0.738. The maximum Gasteiger partial charge on any atom is 0.346 e. The van der Waals surface area contributed by atoms with Crippen LogP contribution in [0.25, 0.3) is 16.0 Å². The first-order chi connectivity index (χ1) is 8.97. The summed E-state index contributed by atoms with van der Waals surface area (Å²) < 4.78 is 1.46. The van der Waals surface area contributed by atoms with Crippen molar-refractivity contribution in [3.8, 4) is 0 Å². The molecule has 0 saturated heterocycles. The Morgan fingerprint density at radius 1 is 1.26 bits per heavy atom. The Morgan fingerprint density at radius 2 is 1.95 bits per heavy atom. The van der Waals surface area contributed by atoms with Crippen LogP contribution in [0.15, 0.2) is 23.0 Å². The number of carbonyl (C=O) groups is 1. The smallest absolute Gasteiger partial charge is 0.346 e. The Hall–Kier alpha value is -2.21. The monoisotopic (exact) mass is 274 g/mol. The van der Waals surface area contributed by atoms with Crippen molar-refractivity contribution in [1.82, 2.24) is 9.38 Å². The van der Waals surface area contributed by atoms with Crippen molar-refractivity contribution in [3.05, 3.63) is 44.6 Å². The van der Waals surface area contributed by atoms with Gasteiger partial charge in [0.15, 0.2) is 4.96 Å². The van der Waals surface area contributed by atoms with Gasteiger partial charge in [-0.1, -0.05) is 11.3 Å². The highest BCUT2D eigenvalue weighted by atomic mass is 32.1. The second-order valence-corrected chi connectivity index (χ2v) is 5.42. The van der Waals surface area contributed by atoms with Gasteiger partial charge in [0.05, 0.1) is 11.0 Å². The molecule has 0 saturated carbocycles. The first-order valence-corrected chi connectivity index (χ1v) is 6.46. The minimum Gasteiger partial charge on any atom is -0.477 e. The summed E-state index contributed by atoms with van der Waals surface area (Å²) in [7, 11) is 0. The summed E-state index contributed by atoms with van der Waals surface area (Å²) in [4.78, 5) is 27.7.